The van der Waals surface area contributed by atoms with Gasteiger partial charge in [-0.1, -0.05) is 42.5 Å². The molecule has 0 amide bonds. The predicted molar refractivity (Wildman–Crippen MR) is 147 cm³/mol. The lowest BCUT2D eigenvalue weighted by atomic mass is 9.90. The van der Waals surface area contributed by atoms with Crippen molar-refractivity contribution < 1.29 is 4.74 Å². The number of fused-ring (bicyclic) bond motifs is 1. The maximum Gasteiger partial charge on any atom is 0.136 e. The van der Waals surface area contributed by atoms with Gasteiger partial charge in [0.15, 0.2) is 0 Å². The van der Waals surface area contributed by atoms with Gasteiger partial charge in [0.2, 0.25) is 0 Å². The summed E-state index contributed by atoms with van der Waals surface area (Å²) in [7, 11) is 0. The van der Waals surface area contributed by atoms with Gasteiger partial charge in [-0.25, -0.2) is 4.98 Å². The summed E-state index contributed by atoms with van der Waals surface area (Å²) in [5, 5.41) is 10.4. The van der Waals surface area contributed by atoms with E-state index >= 15 is 0 Å². The zero-order valence-electron chi connectivity index (χ0n) is 20.2. The van der Waals surface area contributed by atoms with Gasteiger partial charge in [0.05, 0.1) is 5.69 Å². The molecule has 1 aromatic heterocycles. The van der Waals surface area contributed by atoms with Gasteiger partial charge in [-0.05, 0) is 97.7 Å². The van der Waals surface area contributed by atoms with Gasteiger partial charge in [-0.3, -0.25) is 0 Å². The molecule has 1 fully saturated rings. The molecule has 180 valence electrons. The van der Waals surface area contributed by atoms with Gasteiger partial charge in [-0.15, -0.1) is 0 Å². The minimum atomic E-state index is 0.643. The number of hydrogen-bond donors (Lipinski definition) is 3. The van der Waals surface area contributed by atoms with Crippen LogP contribution in [-0.4, -0.2) is 18.1 Å². The number of aromatic nitrogens is 1. The second-order valence-corrected chi connectivity index (χ2v) is 9.32. The number of pyridine rings is 1. The van der Waals surface area contributed by atoms with Crippen molar-refractivity contribution in [2.75, 3.05) is 18.4 Å². The summed E-state index contributed by atoms with van der Waals surface area (Å²) < 4.78 is 6.24. The van der Waals surface area contributed by atoms with Crippen molar-refractivity contribution in [1.82, 2.24) is 15.6 Å². The molecule has 6 rings (SSSR count). The highest BCUT2D eigenvalue weighted by Crippen LogP contribution is 2.36. The van der Waals surface area contributed by atoms with E-state index in [0.29, 0.717) is 5.92 Å². The van der Waals surface area contributed by atoms with Crippen LogP contribution < -0.4 is 20.7 Å². The van der Waals surface area contributed by atoms with Crippen LogP contribution >= 0.6 is 0 Å². The Balaban J connectivity index is 1.33. The molecule has 5 heteroatoms. The van der Waals surface area contributed by atoms with Crippen molar-refractivity contribution in [3.63, 3.8) is 0 Å². The van der Waals surface area contributed by atoms with Crippen LogP contribution in [0, 0.1) is 0 Å². The molecule has 0 saturated carbocycles. The highest BCUT2D eigenvalue weighted by molar-refractivity contribution is 5.76. The molecule has 3 aromatic carbocycles. The molecule has 0 atom stereocenters. The highest BCUT2D eigenvalue weighted by Gasteiger charge is 2.18. The minimum Gasteiger partial charge on any atom is -0.457 e. The molecule has 0 radical (unpaired) electrons. The summed E-state index contributed by atoms with van der Waals surface area (Å²) in [6.45, 7) is 2.93. The van der Waals surface area contributed by atoms with Gasteiger partial charge in [0.1, 0.15) is 17.3 Å². The van der Waals surface area contributed by atoms with Crippen LogP contribution in [0.4, 0.5) is 11.5 Å². The Hall–Kier alpha value is -4.09. The summed E-state index contributed by atoms with van der Waals surface area (Å²) in [4.78, 5) is 5.09. The Labute approximate surface area is 212 Å². The molecule has 4 aromatic rings. The van der Waals surface area contributed by atoms with Crippen LogP contribution in [-0.2, 0) is 6.54 Å². The van der Waals surface area contributed by atoms with Gasteiger partial charge >= 0.3 is 0 Å². The van der Waals surface area contributed by atoms with Crippen LogP contribution in [0.15, 0.2) is 91.1 Å². The largest absolute Gasteiger partial charge is 0.457 e. The Bertz CT molecular complexity index is 1360. The Morgan fingerprint density at radius 3 is 2.47 bits per heavy atom. The number of hydrogen-bond acceptors (Lipinski definition) is 5. The topological polar surface area (TPSA) is 58.2 Å². The van der Waals surface area contributed by atoms with Crippen LogP contribution in [0.3, 0.4) is 0 Å². The quantitative estimate of drug-likeness (QED) is 0.286. The second kappa shape index (κ2) is 10.3. The molecule has 0 bridgehead atoms. The van der Waals surface area contributed by atoms with E-state index in [9.17, 15) is 0 Å². The average molecular weight is 475 g/mol. The van der Waals surface area contributed by atoms with Crippen molar-refractivity contribution in [2.45, 2.75) is 25.3 Å². The molecule has 36 heavy (non-hydrogen) atoms. The maximum absolute atomic E-state index is 6.24. The lowest BCUT2D eigenvalue weighted by molar-refractivity contribution is 0.460. The van der Waals surface area contributed by atoms with Gasteiger partial charge in [0.25, 0.3) is 0 Å². The smallest absolute Gasteiger partial charge is 0.136 e. The van der Waals surface area contributed by atoms with E-state index in [4.69, 9.17) is 9.72 Å². The van der Waals surface area contributed by atoms with Crippen LogP contribution in [0.25, 0.3) is 17.3 Å². The maximum atomic E-state index is 6.24. The molecule has 2 aliphatic rings. The first kappa shape index (κ1) is 22.4. The number of nitrogens with one attached hydrogen (secondary N) is 3. The fourth-order valence-corrected chi connectivity index (χ4v) is 4.99. The monoisotopic (exact) mass is 474 g/mol. The lowest BCUT2D eigenvalue weighted by Crippen LogP contribution is -2.26. The van der Waals surface area contributed by atoms with Crippen molar-refractivity contribution in [3.05, 3.63) is 108 Å². The number of anilines is 2. The first-order valence-electron chi connectivity index (χ1n) is 12.7. The van der Waals surface area contributed by atoms with E-state index in [1.807, 2.05) is 54.7 Å². The number of nitrogens with zero attached hydrogens (tertiary/aromatic N) is 1. The van der Waals surface area contributed by atoms with E-state index in [1.165, 1.54) is 18.4 Å². The molecular formula is C31H30N4O. The molecule has 5 nitrogen and oxygen atoms in total. The molecule has 0 aliphatic carbocycles. The number of piperidine rings is 1. The Morgan fingerprint density at radius 1 is 0.861 bits per heavy atom. The third-order valence-electron chi connectivity index (χ3n) is 6.94. The van der Waals surface area contributed by atoms with Crippen LogP contribution in [0.5, 0.6) is 11.5 Å². The Morgan fingerprint density at radius 2 is 1.64 bits per heavy atom. The average Bonchev–Trinajstić information content (AvgIpc) is 2.95. The van der Waals surface area contributed by atoms with E-state index < -0.39 is 0 Å². The van der Waals surface area contributed by atoms with Gasteiger partial charge in [-0.2, -0.15) is 0 Å². The predicted octanol–water partition coefficient (Wildman–Crippen LogP) is 6.83. The first-order chi connectivity index (χ1) is 17.8. The zero-order valence-corrected chi connectivity index (χ0v) is 20.2. The lowest BCUT2D eigenvalue weighted by Gasteiger charge is -2.23. The molecule has 3 heterocycles. The standard InChI is InChI=1S/C31H30N4O/c1-2-6-26(7-3-1)36-30-9-5-4-8-27(30)29-20-24-16-19-33-21-28(24)31(35-29)34-25-12-10-22(11-13-25)23-14-17-32-18-15-23/h1-13,16,19-20,23,32-33H,14-15,17-18,21H2,(H,34,35). The molecule has 1 saturated heterocycles. The molecule has 0 spiro atoms. The van der Waals surface area contributed by atoms with E-state index in [0.717, 1.165) is 65.0 Å². The summed E-state index contributed by atoms with van der Waals surface area (Å²) in [6, 6.07) is 29.0. The van der Waals surface area contributed by atoms with Crippen LogP contribution in [0.2, 0.25) is 0 Å². The van der Waals surface area contributed by atoms with Crippen molar-refractivity contribution in [3.8, 4) is 22.8 Å². The van der Waals surface area contributed by atoms with Crippen LogP contribution in [0.1, 0.15) is 35.4 Å². The minimum absolute atomic E-state index is 0.643. The van der Waals surface area contributed by atoms with Gasteiger partial charge < -0.3 is 20.7 Å². The molecule has 0 unspecified atom stereocenters. The number of ether oxygens (including phenoxy) is 1. The SMILES string of the molecule is C1=Cc2cc(-c3ccccc3Oc3ccccc3)nc(Nc3ccc(C4CCNCC4)cc3)c2CN1. The summed E-state index contributed by atoms with van der Waals surface area (Å²) in [5.41, 5.74) is 6.61. The summed E-state index contributed by atoms with van der Waals surface area (Å²) in [6.07, 6.45) is 6.50. The van der Waals surface area contributed by atoms with E-state index in [-0.39, 0.29) is 0 Å². The Kier molecular flexibility index (Phi) is 6.38. The van der Waals surface area contributed by atoms with Crippen molar-refractivity contribution in [2.24, 2.45) is 0 Å². The van der Waals surface area contributed by atoms with E-state index in [2.05, 4.69) is 58.4 Å². The van der Waals surface area contributed by atoms with Crippen molar-refractivity contribution >= 4 is 17.6 Å². The number of rotatable bonds is 6. The summed E-state index contributed by atoms with van der Waals surface area (Å²) >= 11 is 0. The molecule has 3 N–H and O–H groups in total. The fourth-order valence-electron chi connectivity index (χ4n) is 4.99. The number of para-hydroxylation sites is 2. The van der Waals surface area contributed by atoms with E-state index in [1.54, 1.807) is 0 Å². The normalized spacial score (nSPS) is 15.1. The van der Waals surface area contributed by atoms with Crippen molar-refractivity contribution in [1.29, 1.82) is 0 Å². The van der Waals surface area contributed by atoms with Gasteiger partial charge in [0, 0.05) is 23.4 Å². The zero-order chi connectivity index (χ0) is 24.2. The second-order valence-electron chi connectivity index (χ2n) is 9.32. The highest BCUT2D eigenvalue weighted by atomic mass is 16.5. The molecular weight excluding hydrogens is 444 g/mol. The summed E-state index contributed by atoms with van der Waals surface area (Å²) in [5.74, 6) is 3.10. The third kappa shape index (κ3) is 4.83. The number of benzene rings is 3. The fraction of sp³-hybridized carbons (Fsp3) is 0.194. The third-order valence-corrected chi connectivity index (χ3v) is 6.94. The molecule has 2 aliphatic heterocycles. The first-order valence-corrected chi connectivity index (χ1v) is 12.7.